The Bertz CT molecular complexity index is 908. The van der Waals surface area contributed by atoms with Gasteiger partial charge in [-0.05, 0) is 25.3 Å². The predicted molar refractivity (Wildman–Crippen MR) is 87.6 cm³/mol. The van der Waals surface area contributed by atoms with E-state index in [-0.39, 0.29) is 5.69 Å². The molecule has 0 saturated carbocycles. The van der Waals surface area contributed by atoms with Crippen LogP contribution in [0.25, 0.3) is 10.8 Å². The number of aryl methyl sites for hydroxylation is 2. The molecule has 0 unspecified atom stereocenters. The van der Waals surface area contributed by atoms with E-state index in [1.165, 1.54) is 6.20 Å². The van der Waals surface area contributed by atoms with Crippen molar-refractivity contribution in [3.63, 3.8) is 0 Å². The second kappa shape index (κ2) is 6.11. The molecule has 0 aliphatic rings. The molecule has 7 nitrogen and oxygen atoms in total. The normalized spacial score (nSPS) is 12.1. The molecule has 2 aromatic heterocycles. The van der Waals surface area contributed by atoms with E-state index in [0.717, 1.165) is 5.39 Å². The second-order valence-electron chi connectivity index (χ2n) is 5.47. The molecule has 0 bridgehead atoms. The van der Waals surface area contributed by atoms with E-state index < -0.39 is 17.9 Å². The first-order valence-electron chi connectivity index (χ1n) is 7.38. The molecule has 1 amide bonds. The summed E-state index contributed by atoms with van der Waals surface area (Å²) in [6.07, 6.45) is 1.53. The molecule has 3 aromatic rings. The zero-order valence-corrected chi connectivity index (χ0v) is 13.2. The van der Waals surface area contributed by atoms with Gasteiger partial charge in [0, 0.05) is 22.8 Å². The van der Waals surface area contributed by atoms with Crippen molar-refractivity contribution >= 4 is 22.6 Å². The third kappa shape index (κ3) is 2.71. The number of hydrogen-bond donors (Lipinski definition) is 3. The third-order valence-electron chi connectivity index (χ3n) is 3.88. The number of rotatable bonds is 4. The number of carboxylic acids is 1. The monoisotopic (exact) mass is 324 g/mol. The molecule has 24 heavy (non-hydrogen) atoms. The number of aromatic nitrogens is 3. The van der Waals surface area contributed by atoms with Gasteiger partial charge in [-0.25, -0.2) is 4.79 Å². The predicted octanol–water partition coefficient (Wildman–Crippen LogP) is 2.13. The molecule has 1 aromatic carbocycles. The van der Waals surface area contributed by atoms with Crippen molar-refractivity contribution in [2.24, 2.45) is 0 Å². The third-order valence-corrected chi connectivity index (χ3v) is 3.88. The number of aliphatic carboxylic acids is 1. The second-order valence-corrected chi connectivity index (χ2v) is 5.47. The highest BCUT2D eigenvalue weighted by Crippen LogP contribution is 2.22. The number of aromatic amines is 1. The SMILES string of the molecule is Cc1n[nH]c(C)c1[C@@H](NC(=O)c1nccc2ccccc12)C(=O)O. The number of nitrogens with one attached hydrogen (secondary N) is 2. The van der Waals surface area contributed by atoms with E-state index in [4.69, 9.17) is 0 Å². The lowest BCUT2D eigenvalue weighted by Crippen LogP contribution is -2.35. The summed E-state index contributed by atoms with van der Waals surface area (Å²) in [5.41, 5.74) is 1.78. The van der Waals surface area contributed by atoms with Gasteiger partial charge >= 0.3 is 5.97 Å². The number of pyridine rings is 1. The fourth-order valence-electron chi connectivity index (χ4n) is 2.74. The molecule has 2 heterocycles. The number of benzene rings is 1. The van der Waals surface area contributed by atoms with Gasteiger partial charge in [0.1, 0.15) is 5.69 Å². The highest BCUT2D eigenvalue weighted by molar-refractivity contribution is 6.06. The fourth-order valence-corrected chi connectivity index (χ4v) is 2.74. The highest BCUT2D eigenvalue weighted by atomic mass is 16.4. The highest BCUT2D eigenvalue weighted by Gasteiger charge is 2.28. The standard InChI is InChI=1S/C17H16N4O3/c1-9-13(10(2)21-20-9)15(17(23)24)19-16(22)14-12-6-4-3-5-11(12)7-8-18-14/h3-8,15H,1-2H3,(H,19,22)(H,20,21)(H,23,24)/t15-/m1/s1. The number of carbonyl (C=O) groups excluding carboxylic acids is 1. The largest absolute Gasteiger partial charge is 0.479 e. The van der Waals surface area contributed by atoms with Gasteiger partial charge in [0.25, 0.3) is 5.91 Å². The fraction of sp³-hybridized carbons (Fsp3) is 0.176. The van der Waals surface area contributed by atoms with Gasteiger partial charge < -0.3 is 10.4 Å². The van der Waals surface area contributed by atoms with Crippen molar-refractivity contribution in [2.75, 3.05) is 0 Å². The van der Waals surface area contributed by atoms with Gasteiger partial charge in [-0.3, -0.25) is 14.9 Å². The smallest absolute Gasteiger partial charge is 0.331 e. The van der Waals surface area contributed by atoms with Gasteiger partial charge in [-0.1, -0.05) is 24.3 Å². The van der Waals surface area contributed by atoms with Crippen LogP contribution in [0, 0.1) is 13.8 Å². The Morgan fingerprint density at radius 2 is 1.96 bits per heavy atom. The van der Waals surface area contributed by atoms with Crippen LogP contribution >= 0.6 is 0 Å². The quantitative estimate of drug-likeness (QED) is 0.681. The molecule has 0 radical (unpaired) electrons. The van der Waals surface area contributed by atoms with E-state index in [2.05, 4.69) is 20.5 Å². The minimum atomic E-state index is -1.20. The number of hydrogen-bond acceptors (Lipinski definition) is 4. The maximum atomic E-state index is 12.6. The van der Waals surface area contributed by atoms with Crippen LogP contribution in [-0.2, 0) is 4.79 Å². The van der Waals surface area contributed by atoms with Crippen LogP contribution in [-0.4, -0.2) is 32.2 Å². The van der Waals surface area contributed by atoms with Crippen molar-refractivity contribution in [3.05, 3.63) is 59.2 Å². The van der Waals surface area contributed by atoms with Gasteiger partial charge in [0.15, 0.2) is 6.04 Å². The Morgan fingerprint density at radius 3 is 2.62 bits per heavy atom. The van der Waals surface area contributed by atoms with Crippen LogP contribution in [0.3, 0.4) is 0 Å². The maximum Gasteiger partial charge on any atom is 0.331 e. The summed E-state index contributed by atoms with van der Waals surface area (Å²) < 4.78 is 0. The van der Waals surface area contributed by atoms with E-state index in [1.807, 2.05) is 12.1 Å². The van der Waals surface area contributed by atoms with E-state index >= 15 is 0 Å². The molecule has 0 aliphatic heterocycles. The first-order chi connectivity index (χ1) is 11.5. The number of carboxylic acid groups (broad SMARTS) is 1. The van der Waals surface area contributed by atoms with Crippen LogP contribution < -0.4 is 5.32 Å². The van der Waals surface area contributed by atoms with E-state index in [0.29, 0.717) is 22.3 Å². The van der Waals surface area contributed by atoms with Crippen LogP contribution in [0.2, 0.25) is 0 Å². The van der Waals surface area contributed by atoms with Gasteiger partial charge in [0.2, 0.25) is 0 Å². The molecular formula is C17H16N4O3. The number of carbonyl (C=O) groups is 2. The van der Waals surface area contributed by atoms with E-state index in [1.54, 1.807) is 32.0 Å². The Hall–Kier alpha value is -3.22. The first-order valence-corrected chi connectivity index (χ1v) is 7.38. The van der Waals surface area contributed by atoms with Gasteiger partial charge in [-0.15, -0.1) is 0 Å². The zero-order chi connectivity index (χ0) is 17.3. The number of H-pyrrole nitrogens is 1. The van der Waals surface area contributed by atoms with Crippen molar-refractivity contribution in [3.8, 4) is 0 Å². The molecule has 122 valence electrons. The van der Waals surface area contributed by atoms with Crippen molar-refractivity contribution in [1.82, 2.24) is 20.5 Å². The topological polar surface area (TPSA) is 108 Å². The molecule has 0 saturated heterocycles. The summed E-state index contributed by atoms with van der Waals surface area (Å²) >= 11 is 0. The minimum absolute atomic E-state index is 0.193. The Balaban J connectivity index is 1.99. The van der Waals surface area contributed by atoms with Crippen LogP contribution in [0.4, 0.5) is 0 Å². The number of fused-ring (bicyclic) bond motifs is 1. The molecule has 3 N–H and O–H groups in total. The summed E-state index contributed by atoms with van der Waals surface area (Å²) in [7, 11) is 0. The van der Waals surface area contributed by atoms with Gasteiger partial charge in [0.05, 0.1) is 5.69 Å². The number of nitrogens with zero attached hydrogens (tertiary/aromatic N) is 2. The minimum Gasteiger partial charge on any atom is -0.479 e. The Labute approximate surface area is 137 Å². The summed E-state index contributed by atoms with van der Waals surface area (Å²) in [5, 5.41) is 20.3. The molecule has 0 aliphatic carbocycles. The van der Waals surface area contributed by atoms with Crippen molar-refractivity contribution < 1.29 is 14.7 Å². The van der Waals surface area contributed by atoms with Crippen molar-refractivity contribution in [2.45, 2.75) is 19.9 Å². The molecule has 0 fully saturated rings. The molecule has 1 atom stereocenters. The summed E-state index contributed by atoms with van der Waals surface area (Å²) in [6.45, 7) is 3.41. The van der Waals surface area contributed by atoms with Crippen LogP contribution in [0.15, 0.2) is 36.5 Å². The Kier molecular flexibility index (Phi) is 3.99. The number of amides is 1. The lowest BCUT2D eigenvalue weighted by molar-refractivity contribution is -0.139. The lowest BCUT2D eigenvalue weighted by atomic mass is 10.0. The van der Waals surface area contributed by atoms with Gasteiger partial charge in [-0.2, -0.15) is 5.10 Å². The average Bonchev–Trinajstić information content (AvgIpc) is 2.90. The zero-order valence-electron chi connectivity index (χ0n) is 13.2. The molecular weight excluding hydrogens is 308 g/mol. The van der Waals surface area contributed by atoms with E-state index in [9.17, 15) is 14.7 Å². The summed E-state index contributed by atoms with van der Waals surface area (Å²) in [4.78, 5) is 28.4. The molecule has 7 heteroatoms. The molecule has 3 rings (SSSR count). The maximum absolute atomic E-state index is 12.6. The van der Waals surface area contributed by atoms with Crippen LogP contribution in [0.5, 0.6) is 0 Å². The average molecular weight is 324 g/mol. The first kappa shape index (κ1) is 15.7. The van der Waals surface area contributed by atoms with Crippen molar-refractivity contribution in [1.29, 1.82) is 0 Å². The van der Waals surface area contributed by atoms with Crippen LogP contribution in [0.1, 0.15) is 33.5 Å². The molecule has 0 spiro atoms. The lowest BCUT2D eigenvalue weighted by Gasteiger charge is -2.15. The summed E-state index contributed by atoms with van der Waals surface area (Å²) in [5.74, 6) is -1.70. The summed E-state index contributed by atoms with van der Waals surface area (Å²) in [6, 6.07) is 7.92. The Morgan fingerprint density at radius 1 is 1.21 bits per heavy atom.